The van der Waals surface area contributed by atoms with Crippen molar-refractivity contribution in [3.63, 3.8) is 0 Å². The fourth-order valence-corrected chi connectivity index (χ4v) is 5.17. The molecule has 3 fully saturated rings. The number of likely N-dealkylation sites (tertiary alicyclic amines) is 1. The number of pyridine rings is 1. The quantitative estimate of drug-likeness (QED) is 0.655. The van der Waals surface area contributed by atoms with Crippen LogP contribution in [0.4, 0.5) is 17.5 Å². The van der Waals surface area contributed by atoms with Gasteiger partial charge in [0.25, 0.3) is 5.56 Å². The van der Waals surface area contributed by atoms with Gasteiger partial charge in [0.2, 0.25) is 5.95 Å². The van der Waals surface area contributed by atoms with E-state index in [9.17, 15) is 4.79 Å². The molecule has 9 nitrogen and oxygen atoms in total. The lowest BCUT2D eigenvalue weighted by Crippen LogP contribution is -2.33. The second kappa shape index (κ2) is 6.53. The second-order valence-corrected chi connectivity index (χ2v) is 9.80. The average molecular weight is 421 g/mol. The van der Waals surface area contributed by atoms with Crippen molar-refractivity contribution in [1.29, 1.82) is 0 Å². The van der Waals surface area contributed by atoms with Gasteiger partial charge in [0.1, 0.15) is 11.2 Å². The minimum atomic E-state index is -0.0927. The normalized spacial score (nSPS) is 26.5. The molecule has 2 aliphatic carbocycles. The van der Waals surface area contributed by atoms with Crippen molar-refractivity contribution in [1.82, 2.24) is 29.2 Å². The molecule has 0 unspecified atom stereocenters. The molecule has 0 aromatic carbocycles. The third-order valence-electron chi connectivity index (χ3n) is 7.32. The molecule has 3 atom stereocenters. The molecule has 2 bridgehead atoms. The van der Waals surface area contributed by atoms with Gasteiger partial charge in [-0.25, -0.2) is 4.98 Å². The second-order valence-electron chi connectivity index (χ2n) is 9.80. The first-order chi connectivity index (χ1) is 14.9. The van der Waals surface area contributed by atoms with Crippen molar-refractivity contribution in [2.24, 2.45) is 13.0 Å². The topological polar surface area (TPSA) is 92.9 Å². The van der Waals surface area contributed by atoms with E-state index in [4.69, 9.17) is 0 Å². The van der Waals surface area contributed by atoms with Gasteiger partial charge in [0, 0.05) is 37.6 Å². The van der Waals surface area contributed by atoms with E-state index in [1.165, 1.54) is 6.42 Å². The molecule has 0 spiro atoms. The van der Waals surface area contributed by atoms with Gasteiger partial charge >= 0.3 is 0 Å². The molecule has 31 heavy (non-hydrogen) atoms. The molecular weight excluding hydrogens is 392 g/mol. The number of hydrogen-bond acceptors (Lipinski definition) is 7. The highest BCUT2D eigenvalue weighted by atomic mass is 16.1. The minimum absolute atomic E-state index is 0.000756. The summed E-state index contributed by atoms with van der Waals surface area (Å²) in [5.74, 6) is 1.74. The Morgan fingerprint density at radius 3 is 2.74 bits per heavy atom. The van der Waals surface area contributed by atoms with Gasteiger partial charge in [-0.05, 0) is 51.6 Å². The van der Waals surface area contributed by atoms with Crippen LogP contribution in [0.3, 0.4) is 0 Å². The van der Waals surface area contributed by atoms with Crippen molar-refractivity contribution < 1.29 is 0 Å². The van der Waals surface area contributed by atoms with Crippen LogP contribution in [0.1, 0.15) is 38.6 Å². The standard InChI is InChI=1S/C22H28N8O/c1-22(5-6-22)27-19-18-16(4-7-28(2)20(18)31)25-21(26-19)24-14-10-23-30(12-14)17-9-15-8-13(17)11-29(15)3/h4,7,10,12-13,15,17H,5-6,8-9,11H2,1-3H3,(H2,24,25,26,27)/t13-,15-,17+/m1/s1. The van der Waals surface area contributed by atoms with Gasteiger partial charge in [0.15, 0.2) is 0 Å². The van der Waals surface area contributed by atoms with Gasteiger partial charge < -0.3 is 20.1 Å². The number of anilines is 3. The van der Waals surface area contributed by atoms with Crippen LogP contribution < -0.4 is 16.2 Å². The number of rotatable bonds is 5. The monoisotopic (exact) mass is 420 g/mol. The Bertz CT molecular complexity index is 1220. The molecule has 3 aromatic heterocycles. The Morgan fingerprint density at radius 2 is 2.03 bits per heavy atom. The van der Waals surface area contributed by atoms with E-state index in [-0.39, 0.29) is 11.1 Å². The summed E-state index contributed by atoms with van der Waals surface area (Å²) in [7, 11) is 3.97. The molecule has 4 heterocycles. The van der Waals surface area contributed by atoms with Gasteiger partial charge in [-0.2, -0.15) is 10.1 Å². The Balaban J connectivity index is 1.31. The van der Waals surface area contributed by atoms with Gasteiger partial charge in [-0.3, -0.25) is 9.48 Å². The molecule has 3 aromatic rings. The summed E-state index contributed by atoms with van der Waals surface area (Å²) in [6, 6.07) is 3.00. The molecule has 0 amide bonds. The molecule has 2 saturated carbocycles. The highest BCUT2D eigenvalue weighted by Crippen LogP contribution is 2.44. The van der Waals surface area contributed by atoms with Crippen molar-refractivity contribution >= 4 is 28.4 Å². The first-order valence-electron chi connectivity index (χ1n) is 11.1. The Kier molecular flexibility index (Phi) is 3.96. The highest BCUT2D eigenvalue weighted by molar-refractivity contribution is 5.89. The van der Waals surface area contributed by atoms with E-state index in [1.54, 1.807) is 17.8 Å². The molecule has 162 valence electrons. The van der Waals surface area contributed by atoms with Gasteiger partial charge in [0.05, 0.1) is 23.4 Å². The number of nitrogens with zero attached hydrogens (tertiary/aromatic N) is 6. The van der Waals surface area contributed by atoms with Crippen LogP contribution >= 0.6 is 0 Å². The summed E-state index contributed by atoms with van der Waals surface area (Å²) in [5.41, 5.74) is 1.41. The molecular formula is C22H28N8O. The Hall–Kier alpha value is -2.94. The SMILES string of the molecule is CN1C[C@H]2C[C@@H]1C[C@@H]2n1cc(Nc2nc(NC3(C)CC3)c3c(=O)n(C)ccc3n2)cn1. The molecule has 2 N–H and O–H groups in total. The summed E-state index contributed by atoms with van der Waals surface area (Å²) < 4.78 is 3.66. The molecule has 9 heteroatoms. The molecule has 1 saturated heterocycles. The van der Waals surface area contributed by atoms with Crippen LogP contribution in [-0.4, -0.2) is 54.4 Å². The van der Waals surface area contributed by atoms with Crippen LogP contribution in [0.5, 0.6) is 0 Å². The fraction of sp³-hybridized carbons (Fsp3) is 0.545. The fourth-order valence-electron chi connectivity index (χ4n) is 5.17. The molecule has 3 aliphatic rings. The van der Waals surface area contributed by atoms with Crippen LogP contribution in [0.25, 0.3) is 10.9 Å². The van der Waals surface area contributed by atoms with E-state index in [1.807, 2.05) is 12.3 Å². The van der Waals surface area contributed by atoms with Crippen molar-refractivity contribution in [2.45, 2.75) is 50.2 Å². The maximum Gasteiger partial charge on any atom is 0.263 e. The molecule has 0 radical (unpaired) electrons. The summed E-state index contributed by atoms with van der Waals surface area (Å²) in [4.78, 5) is 24.5. The highest BCUT2D eigenvalue weighted by Gasteiger charge is 2.44. The van der Waals surface area contributed by atoms with Crippen LogP contribution in [0.2, 0.25) is 0 Å². The van der Waals surface area contributed by atoms with E-state index >= 15 is 0 Å². The minimum Gasteiger partial charge on any atom is -0.364 e. The summed E-state index contributed by atoms with van der Waals surface area (Å²) in [6.07, 6.45) is 10.2. The van der Waals surface area contributed by atoms with Crippen LogP contribution in [0, 0.1) is 5.92 Å². The summed E-state index contributed by atoms with van der Waals surface area (Å²) in [5, 5.41) is 11.9. The van der Waals surface area contributed by atoms with Crippen molar-refractivity contribution in [2.75, 3.05) is 24.2 Å². The zero-order valence-electron chi connectivity index (χ0n) is 18.2. The van der Waals surface area contributed by atoms with E-state index in [0.717, 1.165) is 31.5 Å². The average Bonchev–Trinajstić information content (AvgIpc) is 3.10. The third kappa shape index (κ3) is 3.18. The zero-order valence-corrected chi connectivity index (χ0v) is 18.2. The number of piperidine rings is 1. The molecule has 1 aliphatic heterocycles. The third-order valence-corrected chi connectivity index (χ3v) is 7.32. The number of aromatic nitrogens is 5. The predicted molar refractivity (Wildman–Crippen MR) is 120 cm³/mol. The van der Waals surface area contributed by atoms with E-state index in [2.05, 4.69) is 55.5 Å². The molecule has 6 rings (SSSR count). The number of nitrogens with one attached hydrogen (secondary N) is 2. The predicted octanol–water partition coefficient (Wildman–Crippen LogP) is 2.50. The lowest BCUT2D eigenvalue weighted by Gasteiger charge is -2.28. The van der Waals surface area contributed by atoms with Crippen molar-refractivity contribution in [3.8, 4) is 0 Å². The number of fused-ring (bicyclic) bond motifs is 3. The van der Waals surface area contributed by atoms with Crippen molar-refractivity contribution in [3.05, 3.63) is 35.0 Å². The Labute approximate surface area is 180 Å². The van der Waals surface area contributed by atoms with Crippen LogP contribution in [0.15, 0.2) is 29.5 Å². The zero-order chi connectivity index (χ0) is 21.3. The summed E-state index contributed by atoms with van der Waals surface area (Å²) >= 11 is 0. The lowest BCUT2D eigenvalue weighted by atomic mass is 10.0. The lowest BCUT2D eigenvalue weighted by molar-refractivity contribution is 0.202. The summed E-state index contributed by atoms with van der Waals surface area (Å²) in [6.45, 7) is 3.30. The van der Waals surface area contributed by atoms with E-state index < -0.39 is 0 Å². The maximum absolute atomic E-state index is 12.8. The first-order valence-corrected chi connectivity index (χ1v) is 11.1. The smallest absolute Gasteiger partial charge is 0.263 e. The van der Waals surface area contributed by atoms with E-state index in [0.29, 0.717) is 40.7 Å². The van der Waals surface area contributed by atoms with Gasteiger partial charge in [-0.1, -0.05) is 0 Å². The van der Waals surface area contributed by atoms with Gasteiger partial charge in [-0.15, -0.1) is 0 Å². The maximum atomic E-state index is 12.8. The van der Waals surface area contributed by atoms with Crippen LogP contribution in [-0.2, 0) is 7.05 Å². The largest absolute Gasteiger partial charge is 0.364 e. The number of hydrogen-bond donors (Lipinski definition) is 2. The number of aryl methyl sites for hydroxylation is 1. The first kappa shape index (κ1) is 18.8. The Morgan fingerprint density at radius 1 is 1.19 bits per heavy atom.